The highest BCUT2D eigenvalue weighted by molar-refractivity contribution is 5.61. The number of nitrogens with two attached hydrogens (primary N) is 2. The molecule has 3 nitrogen and oxygen atoms in total. The summed E-state index contributed by atoms with van der Waals surface area (Å²) < 4.78 is 5.23. The molecular formula is C14H20N2O. The average Bonchev–Trinajstić information content (AvgIpc) is 2.38. The van der Waals surface area contributed by atoms with Crippen LogP contribution in [0.3, 0.4) is 0 Å². The Labute approximate surface area is 102 Å². The van der Waals surface area contributed by atoms with E-state index in [1.165, 1.54) is 16.7 Å². The molecule has 1 aliphatic rings. The van der Waals surface area contributed by atoms with Gasteiger partial charge in [0, 0.05) is 12.6 Å². The number of rotatable bonds is 4. The molecule has 4 N–H and O–H groups in total. The standard InChI is InChI=1S/C14H20N2O/c1-17-14-5-4-11-6-10(7-13(16)9-15)2-3-12(11)8-14/h4-6,8,13H,2-3,7,9,15-16H2,1H3. The van der Waals surface area contributed by atoms with Crippen LogP contribution in [-0.2, 0) is 6.42 Å². The predicted octanol–water partition coefficient (Wildman–Crippen LogP) is 1.70. The minimum atomic E-state index is 0.0843. The molecule has 2 rings (SSSR count). The third kappa shape index (κ3) is 2.87. The van der Waals surface area contributed by atoms with Crippen LogP contribution in [-0.4, -0.2) is 19.7 Å². The molecule has 0 amide bonds. The Morgan fingerprint density at radius 3 is 2.88 bits per heavy atom. The van der Waals surface area contributed by atoms with E-state index in [2.05, 4.69) is 18.2 Å². The molecule has 1 unspecified atom stereocenters. The van der Waals surface area contributed by atoms with Gasteiger partial charge in [0.15, 0.2) is 0 Å². The van der Waals surface area contributed by atoms with Crippen molar-refractivity contribution < 1.29 is 4.74 Å². The van der Waals surface area contributed by atoms with Gasteiger partial charge in [0.25, 0.3) is 0 Å². The largest absolute Gasteiger partial charge is 0.497 e. The lowest BCUT2D eigenvalue weighted by Crippen LogP contribution is -2.30. The molecule has 0 aliphatic heterocycles. The summed E-state index contributed by atoms with van der Waals surface area (Å²) in [6.45, 7) is 0.548. The Hall–Kier alpha value is -1.32. The van der Waals surface area contributed by atoms with E-state index >= 15 is 0 Å². The molecule has 0 heterocycles. The number of methoxy groups -OCH3 is 1. The molecule has 0 bridgehead atoms. The molecule has 0 radical (unpaired) electrons. The zero-order valence-electron chi connectivity index (χ0n) is 10.3. The van der Waals surface area contributed by atoms with Crippen molar-refractivity contribution >= 4 is 6.08 Å². The van der Waals surface area contributed by atoms with Crippen LogP contribution < -0.4 is 16.2 Å². The van der Waals surface area contributed by atoms with E-state index in [1.54, 1.807) is 7.11 Å². The fourth-order valence-electron chi connectivity index (χ4n) is 2.23. The number of hydrogen-bond donors (Lipinski definition) is 2. The zero-order valence-corrected chi connectivity index (χ0v) is 10.3. The Morgan fingerprint density at radius 1 is 1.35 bits per heavy atom. The summed E-state index contributed by atoms with van der Waals surface area (Å²) in [7, 11) is 1.70. The fourth-order valence-corrected chi connectivity index (χ4v) is 2.23. The van der Waals surface area contributed by atoms with Gasteiger partial charge in [-0.05, 0) is 42.5 Å². The van der Waals surface area contributed by atoms with Crippen molar-refractivity contribution in [1.82, 2.24) is 0 Å². The minimum absolute atomic E-state index is 0.0843. The van der Waals surface area contributed by atoms with Gasteiger partial charge in [-0.15, -0.1) is 0 Å². The van der Waals surface area contributed by atoms with E-state index in [0.717, 1.165) is 25.0 Å². The topological polar surface area (TPSA) is 61.3 Å². The molecule has 3 heteroatoms. The van der Waals surface area contributed by atoms with Crippen LogP contribution in [0.25, 0.3) is 6.08 Å². The average molecular weight is 232 g/mol. The van der Waals surface area contributed by atoms with Gasteiger partial charge in [-0.3, -0.25) is 0 Å². The van der Waals surface area contributed by atoms with E-state index in [-0.39, 0.29) is 6.04 Å². The number of benzene rings is 1. The Kier molecular flexibility index (Phi) is 3.82. The van der Waals surface area contributed by atoms with Crippen molar-refractivity contribution in [2.45, 2.75) is 25.3 Å². The van der Waals surface area contributed by atoms with Crippen molar-refractivity contribution in [2.24, 2.45) is 11.5 Å². The molecule has 1 aliphatic carbocycles. The third-order valence-corrected chi connectivity index (χ3v) is 3.25. The summed E-state index contributed by atoms with van der Waals surface area (Å²) >= 11 is 0. The lowest BCUT2D eigenvalue weighted by molar-refractivity contribution is 0.414. The monoisotopic (exact) mass is 232 g/mol. The van der Waals surface area contributed by atoms with Gasteiger partial charge in [0.1, 0.15) is 5.75 Å². The number of ether oxygens (including phenoxy) is 1. The first-order valence-corrected chi connectivity index (χ1v) is 6.05. The van der Waals surface area contributed by atoms with Crippen LogP contribution in [0.1, 0.15) is 24.0 Å². The van der Waals surface area contributed by atoms with Crippen molar-refractivity contribution in [1.29, 1.82) is 0 Å². The highest BCUT2D eigenvalue weighted by Gasteiger charge is 2.13. The highest BCUT2D eigenvalue weighted by Crippen LogP contribution is 2.28. The molecular weight excluding hydrogens is 212 g/mol. The number of aryl methyl sites for hydroxylation is 1. The molecule has 0 spiro atoms. The molecule has 0 aromatic heterocycles. The summed E-state index contributed by atoms with van der Waals surface area (Å²) in [5.41, 5.74) is 15.5. The van der Waals surface area contributed by atoms with E-state index in [0.29, 0.717) is 6.54 Å². The molecule has 0 fully saturated rings. The quantitative estimate of drug-likeness (QED) is 0.830. The molecule has 1 aromatic rings. The van der Waals surface area contributed by atoms with Crippen molar-refractivity contribution in [3.8, 4) is 5.75 Å². The molecule has 17 heavy (non-hydrogen) atoms. The van der Waals surface area contributed by atoms with Crippen LogP contribution >= 0.6 is 0 Å². The van der Waals surface area contributed by atoms with Crippen LogP contribution in [0.15, 0.2) is 23.8 Å². The summed E-state index contributed by atoms with van der Waals surface area (Å²) in [5.74, 6) is 0.930. The normalized spacial score (nSPS) is 16.1. The van der Waals surface area contributed by atoms with Crippen LogP contribution in [0, 0.1) is 0 Å². The van der Waals surface area contributed by atoms with Crippen LogP contribution in [0.2, 0.25) is 0 Å². The van der Waals surface area contributed by atoms with Gasteiger partial charge < -0.3 is 16.2 Å². The first-order valence-electron chi connectivity index (χ1n) is 6.05. The lowest BCUT2D eigenvalue weighted by atomic mass is 9.89. The fraction of sp³-hybridized carbons (Fsp3) is 0.429. The molecule has 92 valence electrons. The maximum absolute atomic E-state index is 5.88. The van der Waals surface area contributed by atoms with Gasteiger partial charge in [-0.1, -0.05) is 17.7 Å². The molecule has 0 saturated heterocycles. The summed E-state index contributed by atoms with van der Waals surface area (Å²) in [6.07, 6.45) is 5.29. The van der Waals surface area contributed by atoms with Gasteiger partial charge in [0.2, 0.25) is 0 Å². The van der Waals surface area contributed by atoms with Gasteiger partial charge in [-0.2, -0.15) is 0 Å². The summed E-state index contributed by atoms with van der Waals surface area (Å²) in [6, 6.07) is 6.31. The maximum Gasteiger partial charge on any atom is 0.119 e. The number of fused-ring (bicyclic) bond motifs is 1. The summed E-state index contributed by atoms with van der Waals surface area (Å²) in [5, 5.41) is 0. The van der Waals surface area contributed by atoms with E-state index in [9.17, 15) is 0 Å². The second-order valence-corrected chi connectivity index (χ2v) is 4.57. The first kappa shape index (κ1) is 12.1. The minimum Gasteiger partial charge on any atom is -0.497 e. The van der Waals surface area contributed by atoms with E-state index in [1.807, 2.05) is 6.07 Å². The highest BCUT2D eigenvalue weighted by atomic mass is 16.5. The van der Waals surface area contributed by atoms with Crippen molar-refractivity contribution in [2.75, 3.05) is 13.7 Å². The second kappa shape index (κ2) is 5.34. The Balaban J connectivity index is 2.17. The maximum atomic E-state index is 5.88. The van der Waals surface area contributed by atoms with Crippen molar-refractivity contribution in [3.63, 3.8) is 0 Å². The lowest BCUT2D eigenvalue weighted by Gasteiger charge is -2.19. The van der Waals surface area contributed by atoms with E-state index < -0.39 is 0 Å². The van der Waals surface area contributed by atoms with Crippen LogP contribution in [0.4, 0.5) is 0 Å². The zero-order chi connectivity index (χ0) is 12.3. The van der Waals surface area contributed by atoms with Crippen LogP contribution in [0.5, 0.6) is 5.75 Å². The third-order valence-electron chi connectivity index (χ3n) is 3.25. The van der Waals surface area contributed by atoms with Gasteiger partial charge >= 0.3 is 0 Å². The van der Waals surface area contributed by atoms with Gasteiger partial charge in [-0.25, -0.2) is 0 Å². The number of hydrogen-bond acceptors (Lipinski definition) is 3. The Bertz CT molecular complexity index is 426. The first-order chi connectivity index (χ1) is 8.22. The SMILES string of the molecule is COc1ccc2c(c1)CCC(CC(N)CN)=C2. The van der Waals surface area contributed by atoms with Crippen molar-refractivity contribution in [3.05, 3.63) is 34.9 Å². The molecule has 1 atom stereocenters. The van der Waals surface area contributed by atoms with Gasteiger partial charge in [0.05, 0.1) is 7.11 Å². The molecule has 0 saturated carbocycles. The predicted molar refractivity (Wildman–Crippen MR) is 70.9 cm³/mol. The summed E-state index contributed by atoms with van der Waals surface area (Å²) in [4.78, 5) is 0. The molecule has 1 aromatic carbocycles. The Morgan fingerprint density at radius 2 is 2.18 bits per heavy atom. The van der Waals surface area contributed by atoms with E-state index in [4.69, 9.17) is 16.2 Å². The second-order valence-electron chi connectivity index (χ2n) is 4.57. The smallest absolute Gasteiger partial charge is 0.119 e.